The molecule has 1 heterocycles. The van der Waals surface area contributed by atoms with Gasteiger partial charge in [-0.05, 0) is 37.4 Å². The van der Waals surface area contributed by atoms with Crippen LogP contribution in [0.1, 0.15) is 37.3 Å². The van der Waals surface area contributed by atoms with Crippen molar-refractivity contribution < 1.29 is 9.90 Å². The van der Waals surface area contributed by atoms with Crippen LogP contribution in [0.4, 0.5) is 0 Å². The molecule has 0 aliphatic carbocycles. The van der Waals surface area contributed by atoms with Crippen molar-refractivity contribution >= 4 is 17.3 Å². The molecular weight excluding hydrogens is 234 g/mol. The normalized spacial score (nSPS) is 14.9. The number of aliphatic carboxylic acids is 1. The standard InChI is InChI=1S/C13H21NO2S/c1-5-14(8-10(3)13(15)16)11(4)12-9(2)6-7-17-12/h6-7,10-11H,5,8H2,1-4H3,(H,15,16). The summed E-state index contributed by atoms with van der Waals surface area (Å²) in [6.45, 7) is 9.57. The minimum absolute atomic E-state index is 0.293. The van der Waals surface area contributed by atoms with Crippen molar-refractivity contribution in [1.82, 2.24) is 4.90 Å². The molecule has 2 unspecified atom stereocenters. The summed E-state index contributed by atoms with van der Waals surface area (Å²) in [6.07, 6.45) is 0. The third kappa shape index (κ3) is 3.54. The van der Waals surface area contributed by atoms with Gasteiger partial charge in [-0.1, -0.05) is 13.8 Å². The smallest absolute Gasteiger partial charge is 0.307 e. The molecule has 96 valence electrons. The molecule has 0 saturated heterocycles. The van der Waals surface area contributed by atoms with Gasteiger partial charge in [-0.15, -0.1) is 11.3 Å². The Labute approximate surface area is 107 Å². The predicted molar refractivity (Wildman–Crippen MR) is 71.5 cm³/mol. The summed E-state index contributed by atoms with van der Waals surface area (Å²) in [5.74, 6) is -1.05. The largest absolute Gasteiger partial charge is 0.481 e. The van der Waals surface area contributed by atoms with Crippen LogP contribution in [0.25, 0.3) is 0 Å². The number of carboxylic acids is 1. The minimum atomic E-state index is -0.724. The predicted octanol–water partition coefficient (Wildman–Crippen LogP) is 3.16. The summed E-state index contributed by atoms with van der Waals surface area (Å²) in [5.41, 5.74) is 1.30. The van der Waals surface area contributed by atoms with E-state index in [4.69, 9.17) is 5.11 Å². The van der Waals surface area contributed by atoms with Crippen molar-refractivity contribution in [2.24, 2.45) is 5.92 Å². The highest BCUT2D eigenvalue weighted by atomic mass is 32.1. The van der Waals surface area contributed by atoms with Gasteiger partial charge in [0.25, 0.3) is 0 Å². The van der Waals surface area contributed by atoms with Crippen LogP contribution in [-0.4, -0.2) is 29.1 Å². The summed E-state index contributed by atoms with van der Waals surface area (Å²) in [7, 11) is 0. The first-order chi connectivity index (χ1) is 7.97. The highest BCUT2D eigenvalue weighted by Gasteiger charge is 2.21. The summed E-state index contributed by atoms with van der Waals surface area (Å²) >= 11 is 1.75. The topological polar surface area (TPSA) is 40.5 Å². The third-order valence-electron chi connectivity index (χ3n) is 3.16. The zero-order valence-corrected chi connectivity index (χ0v) is 11.8. The fourth-order valence-electron chi connectivity index (χ4n) is 1.97. The summed E-state index contributed by atoms with van der Waals surface area (Å²) in [4.78, 5) is 14.5. The molecular formula is C13H21NO2S. The first-order valence-corrected chi connectivity index (χ1v) is 6.86. The van der Waals surface area contributed by atoms with E-state index < -0.39 is 5.97 Å². The lowest BCUT2D eigenvalue weighted by Gasteiger charge is -2.29. The van der Waals surface area contributed by atoms with Crippen LogP contribution in [0.3, 0.4) is 0 Å². The van der Waals surface area contributed by atoms with Gasteiger partial charge in [0.1, 0.15) is 0 Å². The summed E-state index contributed by atoms with van der Waals surface area (Å²) in [5, 5.41) is 11.1. The lowest BCUT2D eigenvalue weighted by atomic mass is 10.1. The minimum Gasteiger partial charge on any atom is -0.481 e. The van der Waals surface area contributed by atoms with E-state index in [0.29, 0.717) is 12.6 Å². The van der Waals surface area contributed by atoms with E-state index in [-0.39, 0.29) is 5.92 Å². The van der Waals surface area contributed by atoms with E-state index in [1.54, 1.807) is 18.3 Å². The molecule has 2 atom stereocenters. The number of carboxylic acid groups (broad SMARTS) is 1. The molecule has 1 aromatic rings. The van der Waals surface area contributed by atoms with E-state index in [1.807, 2.05) is 0 Å². The lowest BCUT2D eigenvalue weighted by Crippen LogP contribution is -2.33. The molecule has 0 saturated carbocycles. The molecule has 0 aliphatic heterocycles. The maximum Gasteiger partial charge on any atom is 0.307 e. The molecule has 1 rings (SSSR count). The molecule has 0 bridgehead atoms. The van der Waals surface area contributed by atoms with Crippen LogP contribution in [0.5, 0.6) is 0 Å². The second-order valence-electron chi connectivity index (χ2n) is 4.47. The zero-order valence-electron chi connectivity index (χ0n) is 10.9. The van der Waals surface area contributed by atoms with E-state index >= 15 is 0 Å². The molecule has 4 heteroatoms. The van der Waals surface area contributed by atoms with E-state index in [2.05, 4.69) is 37.1 Å². The Hall–Kier alpha value is -0.870. The SMILES string of the molecule is CCN(CC(C)C(=O)O)C(C)c1sccc1C. The lowest BCUT2D eigenvalue weighted by molar-refractivity contribution is -0.141. The summed E-state index contributed by atoms with van der Waals surface area (Å²) in [6, 6.07) is 2.41. The number of thiophene rings is 1. The van der Waals surface area contributed by atoms with Gasteiger partial charge in [0.05, 0.1) is 5.92 Å². The van der Waals surface area contributed by atoms with Crippen molar-refractivity contribution in [3.8, 4) is 0 Å². The molecule has 1 aromatic heterocycles. The summed E-state index contributed by atoms with van der Waals surface area (Å²) < 4.78 is 0. The number of nitrogens with zero attached hydrogens (tertiary/aromatic N) is 1. The highest BCUT2D eigenvalue weighted by molar-refractivity contribution is 7.10. The molecule has 0 fully saturated rings. The van der Waals surface area contributed by atoms with Crippen molar-refractivity contribution in [3.05, 3.63) is 21.9 Å². The van der Waals surface area contributed by atoms with E-state index in [0.717, 1.165) is 6.54 Å². The van der Waals surface area contributed by atoms with Gasteiger partial charge < -0.3 is 5.11 Å². The number of rotatable bonds is 6. The van der Waals surface area contributed by atoms with Crippen LogP contribution >= 0.6 is 11.3 Å². The maximum atomic E-state index is 10.9. The Balaban J connectivity index is 2.74. The Morgan fingerprint density at radius 3 is 2.59 bits per heavy atom. The molecule has 0 aromatic carbocycles. The van der Waals surface area contributed by atoms with Gasteiger partial charge in [-0.3, -0.25) is 9.69 Å². The van der Waals surface area contributed by atoms with Gasteiger partial charge >= 0.3 is 5.97 Å². The fraction of sp³-hybridized carbons (Fsp3) is 0.615. The Kier molecular flexibility index (Phi) is 5.15. The van der Waals surface area contributed by atoms with Crippen molar-refractivity contribution in [2.45, 2.75) is 33.7 Å². The van der Waals surface area contributed by atoms with E-state index in [9.17, 15) is 4.79 Å². The van der Waals surface area contributed by atoms with Crippen molar-refractivity contribution in [1.29, 1.82) is 0 Å². The third-order valence-corrected chi connectivity index (χ3v) is 4.35. The Morgan fingerprint density at radius 2 is 2.18 bits per heavy atom. The van der Waals surface area contributed by atoms with Crippen molar-refractivity contribution in [3.63, 3.8) is 0 Å². The first-order valence-electron chi connectivity index (χ1n) is 5.98. The Bertz CT molecular complexity index is 375. The number of hydrogen-bond donors (Lipinski definition) is 1. The van der Waals surface area contributed by atoms with Gasteiger partial charge in [0.15, 0.2) is 0 Å². The monoisotopic (exact) mass is 255 g/mol. The van der Waals surface area contributed by atoms with Crippen molar-refractivity contribution in [2.75, 3.05) is 13.1 Å². The number of carbonyl (C=O) groups is 1. The van der Waals surface area contributed by atoms with E-state index in [1.165, 1.54) is 10.4 Å². The number of hydrogen-bond acceptors (Lipinski definition) is 3. The second-order valence-corrected chi connectivity index (χ2v) is 5.42. The Morgan fingerprint density at radius 1 is 1.53 bits per heavy atom. The quantitative estimate of drug-likeness (QED) is 0.849. The maximum absolute atomic E-state index is 10.9. The average Bonchev–Trinajstić information content (AvgIpc) is 2.70. The van der Waals surface area contributed by atoms with Gasteiger partial charge in [-0.2, -0.15) is 0 Å². The van der Waals surface area contributed by atoms with Crippen LogP contribution in [0.15, 0.2) is 11.4 Å². The molecule has 17 heavy (non-hydrogen) atoms. The van der Waals surface area contributed by atoms with Gasteiger partial charge in [0, 0.05) is 17.5 Å². The second kappa shape index (κ2) is 6.17. The molecule has 0 aliphatic rings. The fourth-order valence-corrected chi connectivity index (χ4v) is 2.99. The molecule has 1 N–H and O–H groups in total. The molecule has 3 nitrogen and oxygen atoms in total. The first kappa shape index (κ1) is 14.2. The van der Waals surface area contributed by atoms with Gasteiger partial charge in [0.2, 0.25) is 0 Å². The molecule has 0 radical (unpaired) electrons. The van der Waals surface area contributed by atoms with Crippen LogP contribution in [-0.2, 0) is 4.79 Å². The molecule has 0 amide bonds. The van der Waals surface area contributed by atoms with Crippen LogP contribution in [0, 0.1) is 12.8 Å². The average molecular weight is 255 g/mol. The van der Waals surface area contributed by atoms with Crippen LogP contribution in [0.2, 0.25) is 0 Å². The van der Waals surface area contributed by atoms with Gasteiger partial charge in [-0.25, -0.2) is 0 Å². The van der Waals surface area contributed by atoms with Crippen LogP contribution < -0.4 is 0 Å². The zero-order chi connectivity index (χ0) is 13.0. The molecule has 0 spiro atoms. The number of aryl methyl sites for hydroxylation is 1. The highest BCUT2D eigenvalue weighted by Crippen LogP contribution is 2.28.